The van der Waals surface area contributed by atoms with Gasteiger partial charge >= 0.3 is 12.1 Å². The summed E-state index contributed by atoms with van der Waals surface area (Å²) in [6, 6.07) is 7.29. The molecule has 0 radical (unpaired) electrons. The Bertz CT molecular complexity index is 1070. The van der Waals surface area contributed by atoms with Crippen LogP contribution in [0.25, 0.3) is 0 Å². The van der Waals surface area contributed by atoms with Gasteiger partial charge in [-0.1, -0.05) is 35.3 Å². The van der Waals surface area contributed by atoms with Crippen LogP contribution < -0.4 is 10.6 Å². The third kappa shape index (κ3) is 5.50. The van der Waals surface area contributed by atoms with Crippen LogP contribution in [-0.2, 0) is 15.1 Å². The largest absolute Gasteiger partial charge is 0.463 e. The quantitative estimate of drug-likeness (QED) is 0.399. The average Bonchev–Trinajstić information content (AvgIpc) is 2.67. The van der Waals surface area contributed by atoms with Gasteiger partial charge in [0.2, 0.25) is 0 Å². The molecule has 1 atom stereocenters. The number of amides is 1. The van der Waals surface area contributed by atoms with Crippen molar-refractivity contribution in [2.24, 2.45) is 0 Å². The van der Waals surface area contributed by atoms with Crippen LogP contribution in [0.1, 0.15) is 28.4 Å². The van der Waals surface area contributed by atoms with E-state index in [1.807, 2.05) is 0 Å². The molecule has 0 saturated heterocycles. The molecule has 0 aliphatic carbocycles. The summed E-state index contributed by atoms with van der Waals surface area (Å²) in [5.41, 5.74) is -4.02. The van der Waals surface area contributed by atoms with Crippen molar-refractivity contribution in [3.63, 3.8) is 0 Å². The maximum atomic E-state index is 13.5. The van der Waals surface area contributed by atoms with Crippen molar-refractivity contribution in [1.82, 2.24) is 5.32 Å². The Morgan fingerprint density at radius 1 is 1.16 bits per heavy atom. The van der Waals surface area contributed by atoms with E-state index in [9.17, 15) is 27.9 Å². The van der Waals surface area contributed by atoms with Gasteiger partial charge in [-0.25, -0.2) is 4.79 Å². The Balaban J connectivity index is 2.23. The molecule has 6 nitrogen and oxygen atoms in total. The third-order valence-electron chi connectivity index (χ3n) is 4.28. The first kappa shape index (κ1) is 25.9. The number of hydrogen-bond acceptors (Lipinski definition) is 5. The summed E-state index contributed by atoms with van der Waals surface area (Å²) in [4.78, 5) is 24.2. The minimum atomic E-state index is -5.32. The molecule has 172 valence electrons. The number of ether oxygens (including phenoxy) is 1. The van der Waals surface area contributed by atoms with Gasteiger partial charge in [-0.3, -0.25) is 10.1 Å². The van der Waals surface area contributed by atoms with Crippen LogP contribution in [0.2, 0.25) is 10.0 Å². The highest BCUT2D eigenvalue weighted by Crippen LogP contribution is 2.41. The Morgan fingerprint density at radius 3 is 2.34 bits per heavy atom. The topological polar surface area (TPSA) is 87.7 Å². The SMILES string of the molecule is CCOC(=O)[C@](O)(c1ccc(NC(=S)NC(=O)c2ccc(Cl)cc2Cl)c(C)c1)C(F)(F)F. The molecule has 2 aromatic rings. The summed E-state index contributed by atoms with van der Waals surface area (Å²) >= 11 is 16.8. The summed E-state index contributed by atoms with van der Waals surface area (Å²) < 4.78 is 45.0. The molecule has 0 fully saturated rings. The molecular weight excluding hydrogens is 492 g/mol. The smallest absolute Gasteiger partial charge is 0.432 e. The number of alkyl halides is 3. The molecule has 0 spiro atoms. The third-order valence-corrected chi connectivity index (χ3v) is 5.03. The molecule has 0 unspecified atom stereocenters. The molecule has 2 rings (SSSR count). The van der Waals surface area contributed by atoms with Crippen molar-refractivity contribution in [1.29, 1.82) is 0 Å². The Hall–Kier alpha value is -2.40. The molecule has 0 heterocycles. The molecule has 1 amide bonds. The van der Waals surface area contributed by atoms with Crippen LogP contribution in [0, 0.1) is 6.92 Å². The molecule has 0 aliphatic rings. The molecule has 32 heavy (non-hydrogen) atoms. The van der Waals surface area contributed by atoms with E-state index in [0.29, 0.717) is 5.02 Å². The number of nitrogens with one attached hydrogen (secondary N) is 2. The number of aryl methyl sites for hydroxylation is 1. The van der Waals surface area contributed by atoms with Gasteiger partial charge in [-0.2, -0.15) is 13.2 Å². The van der Waals surface area contributed by atoms with Crippen LogP contribution in [0.15, 0.2) is 36.4 Å². The van der Waals surface area contributed by atoms with Crippen molar-refractivity contribution in [2.45, 2.75) is 25.6 Å². The first-order chi connectivity index (χ1) is 14.8. The molecule has 0 aromatic heterocycles. The highest BCUT2D eigenvalue weighted by Gasteiger charge is 2.62. The molecule has 2 aromatic carbocycles. The van der Waals surface area contributed by atoms with Crippen LogP contribution >= 0.6 is 35.4 Å². The highest BCUT2D eigenvalue weighted by atomic mass is 35.5. The highest BCUT2D eigenvalue weighted by molar-refractivity contribution is 7.80. The maximum Gasteiger partial charge on any atom is 0.432 e. The zero-order chi connectivity index (χ0) is 24.3. The van der Waals surface area contributed by atoms with Crippen molar-refractivity contribution in [3.8, 4) is 0 Å². The second kappa shape index (κ2) is 10.0. The van der Waals surface area contributed by atoms with Gasteiger partial charge in [0, 0.05) is 16.3 Å². The standard InChI is InChI=1S/C20H17Cl2F3N2O4S/c1-3-31-17(29)19(30,20(23,24)25)11-4-7-15(10(2)8-11)26-18(32)27-16(28)13-6-5-12(21)9-14(13)22/h4-9,30H,3H2,1-2H3,(H2,26,27,28,32)/t19-/m1/s1. The van der Waals surface area contributed by atoms with Crippen molar-refractivity contribution < 1.29 is 32.6 Å². The maximum absolute atomic E-state index is 13.5. The summed E-state index contributed by atoms with van der Waals surface area (Å²) in [7, 11) is 0. The second-order valence-electron chi connectivity index (χ2n) is 6.49. The zero-order valence-corrected chi connectivity index (χ0v) is 19.0. The van der Waals surface area contributed by atoms with Gasteiger partial charge in [0.15, 0.2) is 5.11 Å². The molecule has 3 N–H and O–H groups in total. The van der Waals surface area contributed by atoms with Crippen LogP contribution in [-0.4, -0.2) is 34.9 Å². The fourth-order valence-electron chi connectivity index (χ4n) is 2.66. The molecule has 0 saturated carbocycles. The Labute approximate surface area is 196 Å². The minimum Gasteiger partial charge on any atom is -0.463 e. The number of halogens is 5. The fourth-order valence-corrected chi connectivity index (χ4v) is 3.36. The number of benzene rings is 2. The number of rotatable bonds is 5. The number of thiocarbonyl (C=S) groups is 1. The molecular formula is C20H17Cl2F3N2O4S. The van der Waals surface area contributed by atoms with E-state index in [-0.39, 0.29) is 33.6 Å². The lowest BCUT2D eigenvalue weighted by molar-refractivity contribution is -0.267. The number of aliphatic hydroxyl groups is 1. The van der Waals surface area contributed by atoms with E-state index >= 15 is 0 Å². The fraction of sp³-hybridized carbons (Fsp3) is 0.250. The molecule has 0 bridgehead atoms. The van der Waals surface area contributed by atoms with Crippen molar-refractivity contribution >= 4 is 58.1 Å². The van der Waals surface area contributed by atoms with E-state index in [4.69, 9.17) is 35.4 Å². The predicted octanol–water partition coefficient (Wildman–Crippen LogP) is 4.74. The lowest BCUT2D eigenvalue weighted by Crippen LogP contribution is -2.50. The summed E-state index contributed by atoms with van der Waals surface area (Å²) in [5.74, 6) is -2.47. The Morgan fingerprint density at radius 2 is 1.81 bits per heavy atom. The van der Waals surface area contributed by atoms with E-state index in [1.54, 1.807) is 0 Å². The number of esters is 1. The van der Waals surface area contributed by atoms with Gasteiger partial charge < -0.3 is 15.2 Å². The number of anilines is 1. The van der Waals surface area contributed by atoms with Crippen molar-refractivity contribution in [3.05, 3.63) is 63.1 Å². The van der Waals surface area contributed by atoms with Crippen LogP contribution in [0.4, 0.5) is 18.9 Å². The second-order valence-corrected chi connectivity index (χ2v) is 7.74. The van der Waals surface area contributed by atoms with E-state index in [2.05, 4.69) is 15.4 Å². The summed E-state index contributed by atoms with van der Waals surface area (Å²) in [6.07, 6.45) is -5.32. The number of hydrogen-bond donors (Lipinski definition) is 3. The van der Waals surface area contributed by atoms with Gasteiger partial charge in [0.05, 0.1) is 17.2 Å². The lowest BCUT2D eigenvalue weighted by Gasteiger charge is -2.29. The zero-order valence-electron chi connectivity index (χ0n) is 16.6. The van der Waals surface area contributed by atoms with E-state index in [1.165, 1.54) is 38.1 Å². The van der Waals surface area contributed by atoms with E-state index in [0.717, 1.165) is 12.1 Å². The van der Waals surface area contributed by atoms with E-state index < -0.39 is 29.2 Å². The van der Waals surface area contributed by atoms with Crippen LogP contribution in [0.3, 0.4) is 0 Å². The molecule has 12 heteroatoms. The Kier molecular flexibility index (Phi) is 8.11. The number of carbonyl (C=O) groups is 2. The average molecular weight is 509 g/mol. The number of carbonyl (C=O) groups excluding carboxylic acids is 2. The lowest BCUT2D eigenvalue weighted by atomic mass is 9.91. The van der Waals surface area contributed by atoms with Gasteiger partial charge in [-0.05, 0) is 55.9 Å². The summed E-state index contributed by atoms with van der Waals surface area (Å²) in [6.45, 7) is 2.40. The summed E-state index contributed by atoms with van der Waals surface area (Å²) in [5, 5.41) is 15.5. The monoisotopic (exact) mass is 508 g/mol. The minimum absolute atomic E-state index is 0.101. The van der Waals surface area contributed by atoms with Gasteiger partial charge in [0.25, 0.3) is 11.5 Å². The van der Waals surface area contributed by atoms with Crippen LogP contribution in [0.5, 0.6) is 0 Å². The first-order valence-electron chi connectivity index (χ1n) is 8.96. The molecule has 0 aliphatic heterocycles. The normalized spacial score (nSPS) is 13.1. The van der Waals surface area contributed by atoms with Gasteiger partial charge in [0.1, 0.15) is 0 Å². The predicted molar refractivity (Wildman–Crippen MR) is 118 cm³/mol. The first-order valence-corrected chi connectivity index (χ1v) is 10.1. The van der Waals surface area contributed by atoms with Crippen molar-refractivity contribution in [2.75, 3.05) is 11.9 Å². The van der Waals surface area contributed by atoms with Gasteiger partial charge in [-0.15, -0.1) is 0 Å².